The maximum absolute atomic E-state index is 13.1. The topological polar surface area (TPSA) is 44.3 Å². The lowest BCUT2D eigenvalue weighted by Gasteiger charge is -2.10. The minimum absolute atomic E-state index is 0.0837. The predicted molar refractivity (Wildman–Crippen MR) is 55.6 cm³/mol. The molecule has 2 atom stereocenters. The van der Waals surface area contributed by atoms with Crippen molar-refractivity contribution in [1.82, 2.24) is 10.9 Å². The van der Waals surface area contributed by atoms with E-state index in [4.69, 9.17) is 5.11 Å². The smallest absolute Gasteiger partial charge is 0.126 e. The number of rotatable bonds is 2. The van der Waals surface area contributed by atoms with Gasteiger partial charge in [0.1, 0.15) is 5.82 Å². The normalized spacial score (nSPS) is 25.8. The highest BCUT2D eigenvalue weighted by Crippen LogP contribution is 2.23. The van der Waals surface area contributed by atoms with Gasteiger partial charge in [0, 0.05) is 12.1 Å². The van der Waals surface area contributed by atoms with Crippen LogP contribution in [0, 0.1) is 12.7 Å². The van der Waals surface area contributed by atoms with Crippen molar-refractivity contribution in [2.45, 2.75) is 25.4 Å². The van der Waals surface area contributed by atoms with Gasteiger partial charge in [-0.15, -0.1) is 0 Å². The third-order valence-corrected chi connectivity index (χ3v) is 2.79. The number of halogens is 1. The Morgan fingerprint density at radius 1 is 1.47 bits per heavy atom. The Bertz CT molecular complexity index is 356. The highest BCUT2D eigenvalue weighted by atomic mass is 19.1. The highest BCUT2D eigenvalue weighted by molar-refractivity contribution is 5.27. The fraction of sp³-hybridized carbons (Fsp3) is 0.455. The van der Waals surface area contributed by atoms with Gasteiger partial charge in [0.15, 0.2) is 0 Å². The maximum atomic E-state index is 13.1. The Morgan fingerprint density at radius 2 is 2.27 bits per heavy atom. The summed E-state index contributed by atoms with van der Waals surface area (Å²) >= 11 is 0. The van der Waals surface area contributed by atoms with Crippen LogP contribution in [-0.2, 0) is 0 Å². The molecule has 0 radical (unpaired) electrons. The summed E-state index contributed by atoms with van der Waals surface area (Å²) < 4.78 is 13.1. The molecule has 3 N–H and O–H groups in total. The molecule has 1 aromatic carbocycles. The first-order chi connectivity index (χ1) is 7.20. The molecule has 1 heterocycles. The largest absolute Gasteiger partial charge is 0.395 e. The van der Waals surface area contributed by atoms with Crippen molar-refractivity contribution in [2.75, 3.05) is 6.61 Å². The first-order valence-corrected chi connectivity index (χ1v) is 5.08. The van der Waals surface area contributed by atoms with E-state index in [1.165, 1.54) is 6.07 Å². The van der Waals surface area contributed by atoms with Gasteiger partial charge in [0.2, 0.25) is 0 Å². The zero-order chi connectivity index (χ0) is 10.8. The Kier molecular flexibility index (Phi) is 3.00. The Balaban J connectivity index is 2.13. The summed E-state index contributed by atoms with van der Waals surface area (Å²) in [6, 6.07) is 5.34. The summed E-state index contributed by atoms with van der Waals surface area (Å²) in [4.78, 5) is 0. The van der Waals surface area contributed by atoms with Crippen molar-refractivity contribution in [3.8, 4) is 0 Å². The molecule has 0 spiro atoms. The second kappa shape index (κ2) is 4.26. The van der Waals surface area contributed by atoms with Crippen LogP contribution in [0.5, 0.6) is 0 Å². The SMILES string of the molecule is Cc1cc(C2CC(CO)NN2)ccc1F. The number of nitrogens with one attached hydrogen (secondary N) is 2. The van der Waals surface area contributed by atoms with Crippen LogP contribution in [0.15, 0.2) is 18.2 Å². The van der Waals surface area contributed by atoms with Crippen LogP contribution in [0.2, 0.25) is 0 Å². The number of aliphatic hydroxyl groups excluding tert-OH is 1. The molecule has 1 fully saturated rings. The van der Waals surface area contributed by atoms with Crippen LogP contribution in [-0.4, -0.2) is 17.8 Å². The average Bonchev–Trinajstić information content (AvgIpc) is 2.70. The maximum Gasteiger partial charge on any atom is 0.126 e. The summed E-state index contributed by atoms with van der Waals surface area (Å²) in [6.45, 7) is 1.87. The van der Waals surface area contributed by atoms with E-state index in [1.54, 1.807) is 13.0 Å². The predicted octanol–water partition coefficient (Wildman–Crippen LogP) is 1.03. The van der Waals surface area contributed by atoms with Crippen molar-refractivity contribution in [3.05, 3.63) is 35.1 Å². The fourth-order valence-electron chi connectivity index (χ4n) is 1.85. The monoisotopic (exact) mass is 210 g/mol. The molecule has 82 valence electrons. The van der Waals surface area contributed by atoms with E-state index < -0.39 is 0 Å². The molecule has 1 aromatic rings. The van der Waals surface area contributed by atoms with Gasteiger partial charge in [0.05, 0.1) is 6.61 Å². The number of benzene rings is 1. The summed E-state index contributed by atoms with van der Waals surface area (Å²) in [6.07, 6.45) is 0.821. The van der Waals surface area contributed by atoms with E-state index in [1.807, 2.05) is 6.07 Å². The van der Waals surface area contributed by atoms with Gasteiger partial charge >= 0.3 is 0 Å². The standard InChI is InChI=1S/C11H15FN2O/c1-7-4-8(2-3-10(7)12)11-5-9(6-15)13-14-11/h2-4,9,11,13-15H,5-6H2,1H3. The summed E-state index contributed by atoms with van der Waals surface area (Å²) in [5.41, 5.74) is 7.79. The lowest BCUT2D eigenvalue weighted by atomic mass is 10.0. The van der Waals surface area contributed by atoms with Crippen LogP contribution >= 0.6 is 0 Å². The van der Waals surface area contributed by atoms with Crippen LogP contribution in [0.25, 0.3) is 0 Å². The zero-order valence-corrected chi connectivity index (χ0v) is 8.63. The molecular formula is C11H15FN2O. The number of hydrogen-bond acceptors (Lipinski definition) is 3. The van der Waals surface area contributed by atoms with E-state index in [-0.39, 0.29) is 24.5 Å². The van der Waals surface area contributed by atoms with Gasteiger partial charge in [-0.1, -0.05) is 12.1 Å². The third-order valence-electron chi connectivity index (χ3n) is 2.79. The molecule has 1 aliphatic heterocycles. The van der Waals surface area contributed by atoms with Gasteiger partial charge in [-0.25, -0.2) is 9.82 Å². The van der Waals surface area contributed by atoms with Crippen molar-refractivity contribution < 1.29 is 9.50 Å². The van der Waals surface area contributed by atoms with Gasteiger partial charge in [-0.05, 0) is 30.5 Å². The van der Waals surface area contributed by atoms with Crippen molar-refractivity contribution >= 4 is 0 Å². The molecule has 4 heteroatoms. The molecule has 0 aromatic heterocycles. The first-order valence-electron chi connectivity index (χ1n) is 5.08. The average molecular weight is 210 g/mol. The van der Waals surface area contributed by atoms with Gasteiger partial charge in [-0.2, -0.15) is 0 Å². The summed E-state index contributed by atoms with van der Waals surface area (Å²) in [5, 5.41) is 8.97. The Hall–Kier alpha value is -0.970. The third kappa shape index (κ3) is 2.17. The van der Waals surface area contributed by atoms with E-state index in [0.717, 1.165) is 12.0 Å². The molecule has 3 nitrogen and oxygen atoms in total. The minimum Gasteiger partial charge on any atom is -0.395 e. The minimum atomic E-state index is -0.177. The summed E-state index contributed by atoms with van der Waals surface area (Å²) in [7, 11) is 0. The number of hydrazine groups is 1. The van der Waals surface area contributed by atoms with E-state index in [9.17, 15) is 4.39 Å². The quantitative estimate of drug-likeness (QED) is 0.683. The lowest BCUT2D eigenvalue weighted by molar-refractivity contribution is 0.251. The number of aryl methyl sites for hydroxylation is 1. The molecule has 2 rings (SSSR count). The highest BCUT2D eigenvalue weighted by Gasteiger charge is 2.24. The molecule has 2 unspecified atom stereocenters. The molecule has 0 saturated carbocycles. The fourth-order valence-corrected chi connectivity index (χ4v) is 1.85. The van der Waals surface area contributed by atoms with Crippen molar-refractivity contribution in [2.24, 2.45) is 0 Å². The van der Waals surface area contributed by atoms with Crippen LogP contribution in [0.1, 0.15) is 23.6 Å². The number of hydrogen-bond donors (Lipinski definition) is 3. The Morgan fingerprint density at radius 3 is 2.87 bits per heavy atom. The molecule has 1 aliphatic rings. The van der Waals surface area contributed by atoms with Crippen LogP contribution < -0.4 is 10.9 Å². The molecule has 0 bridgehead atoms. The second-order valence-corrected chi connectivity index (χ2v) is 3.97. The molecule has 15 heavy (non-hydrogen) atoms. The van der Waals surface area contributed by atoms with Crippen LogP contribution in [0.3, 0.4) is 0 Å². The van der Waals surface area contributed by atoms with E-state index in [0.29, 0.717) is 5.56 Å². The van der Waals surface area contributed by atoms with Gasteiger partial charge in [-0.3, -0.25) is 5.43 Å². The van der Waals surface area contributed by atoms with Gasteiger partial charge < -0.3 is 5.11 Å². The van der Waals surface area contributed by atoms with Gasteiger partial charge in [0.25, 0.3) is 0 Å². The number of aliphatic hydroxyl groups is 1. The summed E-state index contributed by atoms with van der Waals surface area (Å²) in [5.74, 6) is -0.177. The molecule has 0 amide bonds. The van der Waals surface area contributed by atoms with Crippen molar-refractivity contribution in [3.63, 3.8) is 0 Å². The van der Waals surface area contributed by atoms with E-state index in [2.05, 4.69) is 10.9 Å². The molecule has 1 saturated heterocycles. The van der Waals surface area contributed by atoms with E-state index >= 15 is 0 Å². The molecule has 0 aliphatic carbocycles. The Labute approximate surface area is 88.3 Å². The van der Waals surface area contributed by atoms with Crippen molar-refractivity contribution in [1.29, 1.82) is 0 Å². The second-order valence-electron chi connectivity index (χ2n) is 3.97. The van der Waals surface area contributed by atoms with Crippen LogP contribution in [0.4, 0.5) is 4.39 Å². The zero-order valence-electron chi connectivity index (χ0n) is 8.63. The lowest BCUT2D eigenvalue weighted by Crippen LogP contribution is -2.32. The molecular weight excluding hydrogens is 195 g/mol. The first kappa shape index (κ1) is 10.5.